The first-order chi connectivity index (χ1) is 8.74. The summed E-state index contributed by atoms with van der Waals surface area (Å²) in [4.78, 5) is 14.4. The minimum absolute atomic E-state index is 0.0311. The number of hydrogen-bond acceptors (Lipinski definition) is 3. The highest BCUT2D eigenvalue weighted by atomic mass is 16.3. The SMILES string of the molecule is NC1C=CC(C(=O)N(Cc2ccco2)C2CC2)C1. The average Bonchev–Trinajstić information content (AvgIpc) is 2.88. The van der Waals surface area contributed by atoms with Crippen molar-refractivity contribution >= 4 is 5.91 Å². The van der Waals surface area contributed by atoms with Crippen LogP contribution in [0, 0.1) is 5.92 Å². The predicted molar refractivity (Wildman–Crippen MR) is 67.5 cm³/mol. The number of amides is 1. The lowest BCUT2D eigenvalue weighted by Gasteiger charge is -2.24. The van der Waals surface area contributed by atoms with Crippen molar-refractivity contribution < 1.29 is 9.21 Å². The van der Waals surface area contributed by atoms with E-state index >= 15 is 0 Å². The van der Waals surface area contributed by atoms with E-state index in [1.165, 1.54) is 0 Å². The Morgan fingerprint density at radius 2 is 2.28 bits per heavy atom. The number of hydrogen-bond donors (Lipinski definition) is 1. The van der Waals surface area contributed by atoms with Crippen LogP contribution in [0.4, 0.5) is 0 Å². The zero-order valence-corrected chi connectivity index (χ0v) is 10.3. The van der Waals surface area contributed by atoms with Crippen LogP contribution in [-0.4, -0.2) is 22.9 Å². The molecule has 4 heteroatoms. The number of carbonyl (C=O) groups is 1. The molecule has 1 fully saturated rings. The number of carbonyl (C=O) groups excluding carboxylic acids is 1. The van der Waals surface area contributed by atoms with E-state index in [0.29, 0.717) is 12.6 Å². The maximum Gasteiger partial charge on any atom is 0.230 e. The van der Waals surface area contributed by atoms with Gasteiger partial charge in [-0.05, 0) is 31.4 Å². The summed E-state index contributed by atoms with van der Waals surface area (Å²) in [6.07, 6.45) is 8.48. The van der Waals surface area contributed by atoms with Gasteiger partial charge in [-0.3, -0.25) is 4.79 Å². The molecule has 2 aliphatic carbocycles. The molecule has 2 aliphatic rings. The summed E-state index contributed by atoms with van der Waals surface area (Å²) in [6, 6.07) is 4.20. The summed E-state index contributed by atoms with van der Waals surface area (Å²) in [7, 11) is 0. The monoisotopic (exact) mass is 246 g/mol. The molecule has 3 rings (SSSR count). The van der Waals surface area contributed by atoms with Crippen LogP contribution in [0.2, 0.25) is 0 Å². The van der Waals surface area contributed by atoms with E-state index in [-0.39, 0.29) is 17.9 Å². The molecular weight excluding hydrogens is 228 g/mol. The zero-order chi connectivity index (χ0) is 12.5. The second kappa shape index (κ2) is 4.61. The van der Waals surface area contributed by atoms with Crippen LogP contribution in [0.1, 0.15) is 25.0 Å². The molecular formula is C14H18N2O2. The van der Waals surface area contributed by atoms with Gasteiger partial charge in [0, 0.05) is 12.1 Å². The van der Waals surface area contributed by atoms with E-state index < -0.39 is 0 Å². The number of nitrogens with zero attached hydrogens (tertiary/aromatic N) is 1. The first-order valence-electron chi connectivity index (χ1n) is 6.51. The largest absolute Gasteiger partial charge is 0.467 e. The normalized spacial score (nSPS) is 26.5. The van der Waals surface area contributed by atoms with E-state index in [4.69, 9.17) is 10.2 Å². The molecule has 1 amide bonds. The van der Waals surface area contributed by atoms with E-state index in [0.717, 1.165) is 25.0 Å². The lowest BCUT2D eigenvalue weighted by Crippen LogP contribution is -2.37. The van der Waals surface area contributed by atoms with Gasteiger partial charge in [-0.2, -0.15) is 0 Å². The Balaban J connectivity index is 1.70. The van der Waals surface area contributed by atoms with Gasteiger partial charge in [-0.25, -0.2) is 0 Å². The quantitative estimate of drug-likeness (QED) is 0.822. The Bertz CT molecular complexity index is 448. The first-order valence-corrected chi connectivity index (χ1v) is 6.51. The third-order valence-electron chi connectivity index (χ3n) is 3.61. The summed E-state index contributed by atoms with van der Waals surface area (Å²) in [5, 5.41) is 0. The molecule has 96 valence electrons. The fraction of sp³-hybridized carbons (Fsp3) is 0.500. The van der Waals surface area contributed by atoms with Gasteiger partial charge in [0.25, 0.3) is 0 Å². The van der Waals surface area contributed by atoms with Crippen LogP contribution in [0.3, 0.4) is 0 Å². The van der Waals surface area contributed by atoms with Crippen molar-refractivity contribution in [1.29, 1.82) is 0 Å². The Labute approximate surface area is 106 Å². The van der Waals surface area contributed by atoms with Gasteiger partial charge in [0.1, 0.15) is 5.76 Å². The van der Waals surface area contributed by atoms with Crippen molar-refractivity contribution in [3.63, 3.8) is 0 Å². The second-order valence-electron chi connectivity index (χ2n) is 5.17. The van der Waals surface area contributed by atoms with Gasteiger partial charge in [-0.15, -0.1) is 0 Å². The van der Waals surface area contributed by atoms with Gasteiger partial charge in [0.2, 0.25) is 5.91 Å². The Morgan fingerprint density at radius 3 is 2.83 bits per heavy atom. The number of furan rings is 1. The topological polar surface area (TPSA) is 59.5 Å². The predicted octanol–water partition coefficient (Wildman–Crippen LogP) is 1.67. The molecule has 0 bridgehead atoms. The lowest BCUT2D eigenvalue weighted by atomic mass is 10.1. The lowest BCUT2D eigenvalue weighted by molar-refractivity contribution is -0.135. The minimum Gasteiger partial charge on any atom is -0.467 e. The fourth-order valence-electron chi connectivity index (χ4n) is 2.47. The molecule has 0 radical (unpaired) electrons. The van der Waals surface area contributed by atoms with E-state index in [9.17, 15) is 4.79 Å². The van der Waals surface area contributed by atoms with Gasteiger partial charge >= 0.3 is 0 Å². The van der Waals surface area contributed by atoms with Gasteiger partial charge < -0.3 is 15.1 Å². The van der Waals surface area contributed by atoms with Crippen LogP contribution >= 0.6 is 0 Å². The van der Waals surface area contributed by atoms with E-state index in [1.54, 1.807) is 6.26 Å². The van der Waals surface area contributed by atoms with E-state index in [2.05, 4.69) is 0 Å². The molecule has 1 saturated carbocycles. The molecule has 2 unspecified atom stereocenters. The van der Waals surface area contributed by atoms with Crippen molar-refractivity contribution in [1.82, 2.24) is 4.90 Å². The van der Waals surface area contributed by atoms with Gasteiger partial charge in [-0.1, -0.05) is 12.2 Å². The van der Waals surface area contributed by atoms with Gasteiger partial charge in [0.15, 0.2) is 0 Å². The summed E-state index contributed by atoms with van der Waals surface area (Å²) in [5.74, 6) is 0.996. The highest BCUT2D eigenvalue weighted by Crippen LogP contribution is 2.31. The van der Waals surface area contributed by atoms with Gasteiger partial charge in [0.05, 0.1) is 18.7 Å². The van der Waals surface area contributed by atoms with Crippen molar-refractivity contribution in [2.75, 3.05) is 0 Å². The van der Waals surface area contributed by atoms with Crippen molar-refractivity contribution in [2.45, 2.75) is 37.9 Å². The zero-order valence-electron chi connectivity index (χ0n) is 10.3. The van der Waals surface area contributed by atoms with Crippen LogP contribution in [0.5, 0.6) is 0 Å². The maximum absolute atomic E-state index is 12.5. The van der Waals surface area contributed by atoms with Crippen LogP contribution in [0.25, 0.3) is 0 Å². The van der Waals surface area contributed by atoms with Crippen molar-refractivity contribution in [3.05, 3.63) is 36.3 Å². The molecule has 2 N–H and O–H groups in total. The summed E-state index contributed by atoms with van der Waals surface area (Å²) in [6.45, 7) is 0.579. The van der Waals surface area contributed by atoms with Crippen LogP contribution in [-0.2, 0) is 11.3 Å². The average molecular weight is 246 g/mol. The molecule has 18 heavy (non-hydrogen) atoms. The molecule has 0 aromatic carbocycles. The molecule has 0 spiro atoms. The summed E-state index contributed by atoms with van der Waals surface area (Å²) in [5.41, 5.74) is 5.81. The van der Waals surface area contributed by atoms with Crippen molar-refractivity contribution in [2.24, 2.45) is 11.7 Å². The fourth-order valence-corrected chi connectivity index (χ4v) is 2.47. The highest BCUT2D eigenvalue weighted by Gasteiger charge is 2.36. The van der Waals surface area contributed by atoms with Crippen LogP contribution < -0.4 is 5.73 Å². The molecule has 1 heterocycles. The molecule has 1 aromatic rings. The molecule has 2 atom stereocenters. The van der Waals surface area contributed by atoms with Crippen LogP contribution in [0.15, 0.2) is 35.0 Å². The summed E-state index contributed by atoms with van der Waals surface area (Å²) < 4.78 is 5.34. The Kier molecular flexibility index (Phi) is 2.96. The minimum atomic E-state index is -0.0458. The maximum atomic E-state index is 12.5. The van der Waals surface area contributed by atoms with E-state index in [1.807, 2.05) is 29.2 Å². The standard InChI is InChI=1S/C14H18N2O2/c15-11-4-3-10(8-11)14(17)16(12-5-6-12)9-13-2-1-7-18-13/h1-4,7,10-12H,5-6,8-9,15H2. The molecule has 0 aliphatic heterocycles. The molecule has 0 saturated heterocycles. The smallest absolute Gasteiger partial charge is 0.230 e. The van der Waals surface area contributed by atoms with Crippen molar-refractivity contribution in [3.8, 4) is 0 Å². The number of nitrogens with two attached hydrogens (primary N) is 1. The third-order valence-corrected chi connectivity index (χ3v) is 3.61. The molecule has 4 nitrogen and oxygen atoms in total. The third kappa shape index (κ3) is 2.34. The Morgan fingerprint density at radius 1 is 1.44 bits per heavy atom. The highest BCUT2D eigenvalue weighted by molar-refractivity contribution is 5.81. The second-order valence-corrected chi connectivity index (χ2v) is 5.17. The Hall–Kier alpha value is -1.55. The first kappa shape index (κ1) is 11.5. The summed E-state index contributed by atoms with van der Waals surface area (Å²) >= 11 is 0. The number of rotatable bonds is 4. The molecule has 1 aromatic heterocycles.